The molecule has 3 rings (SSSR count). The zero-order chi connectivity index (χ0) is 16.6. The van der Waals surface area contributed by atoms with E-state index < -0.39 is 17.8 Å². The Morgan fingerprint density at radius 3 is 2.83 bits per heavy atom. The predicted molar refractivity (Wildman–Crippen MR) is 78.0 cm³/mol. The summed E-state index contributed by atoms with van der Waals surface area (Å²) in [4.78, 5) is 5.38. The third kappa shape index (κ3) is 3.31. The van der Waals surface area contributed by atoms with Gasteiger partial charge in [-0.2, -0.15) is 18.3 Å². The molecule has 0 radical (unpaired) electrons. The molecule has 0 amide bonds. The molecule has 3 heterocycles. The second-order valence-electron chi connectivity index (χ2n) is 5.85. The van der Waals surface area contributed by atoms with Crippen LogP contribution in [0.1, 0.15) is 17.0 Å². The molecule has 23 heavy (non-hydrogen) atoms. The molecule has 2 N–H and O–H groups in total. The van der Waals surface area contributed by atoms with Crippen molar-refractivity contribution in [2.45, 2.75) is 25.6 Å². The van der Waals surface area contributed by atoms with Crippen LogP contribution in [0.15, 0.2) is 24.4 Å². The first-order valence-electron chi connectivity index (χ1n) is 7.30. The van der Waals surface area contributed by atoms with Gasteiger partial charge in [-0.1, -0.05) is 0 Å². The number of hydrogen-bond acceptors (Lipinski definition) is 4. The quantitative estimate of drug-likeness (QED) is 0.907. The Labute approximate surface area is 131 Å². The van der Waals surface area contributed by atoms with Crippen LogP contribution < -0.4 is 4.90 Å². The molecule has 8 heteroatoms. The molecule has 124 valence electrons. The number of aliphatic hydroxyl groups excluding tert-OH is 1. The van der Waals surface area contributed by atoms with Crippen molar-refractivity contribution in [3.8, 4) is 0 Å². The fourth-order valence-corrected chi connectivity index (χ4v) is 2.95. The highest BCUT2D eigenvalue weighted by Crippen LogP contribution is 2.37. The van der Waals surface area contributed by atoms with Crippen molar-refractivity contribution in [3.05, 3.63) is 41.3 Å². The molecular weight excluding hydrogens is 309 g/mol. The van der Waals surface area contributed by atoms with Gasteiger partial charge in [0.25, 0.3) is 0 Å². The fourth-order valence-electron chi connectivity index (χ4n) is 2.95. The number of alkyl halides is 3. The lowest BCUT2D eigenvalue weighted by Crippen LogP contribution is -2.25. The van der Waals surface area contributed by atoms with Crippen molar-refractivity contribution in [2.75, 3.05) is 18.0 Å². The molecule has 5 nitrogen and oxygen atoms in total. The zero-order valence-corrected chi connectivity index (χ0v) is 12.5. The molecule has 2 aromatic rings. The summed E-state index contributed by atoms with van der Waals surface area (Å²) in [6.45, 7) is 2.32. The van der Waals surface area contributed by atoms with Gasteiger partial charge in [-0.25, -0.2) is 4.98 Å². The van der Waals surface area contributed by atoms with Gasteiger partial charge in [0.1, 0.15) is 5.82 Å². The number of halogens is 3. The number of nitrogens with one attached hydrogen (secondary N) is 1. The van der Waals surface area contributed by atoms with Crippen molar-refractivity contribution in [3.63, 3.8) is 0 Å². The average molecular weight is 326 g/mol. The van der Waals surface area contributed by atoms with E-state index in [0.717, 1.165) is 17.5 Å². The summed E-state index contributed by atoms with van der Waals surface area (Å²) >= 11 is 0. The third-order valence-corrected chi connectivity index (χ3v) is 4.03. The predicted octanol–water partition coefficient (Wildman–Crippen LogP) is 2.17. The van der Waals surface area contributed by atoms with Crippen molar-refractivity contribution in [1.29, 1.82) is 0 Å². The van der Waals surface area contributed by atoms with E-state index in [-0.39, 0.29) is 18.3 Å². The minimum Gasteiger partial charge on any atom is -0.391 e. The van der Waals surface area contributed by atoms with Crippen LogP contribution in [-0.4, -0.2) is 39.5 Å². The molecule has 0 spiro atoms. The average Bonchev–Trinajstić information content (AvgIpc) is 3.05. The summed E-state index contributed by atoms with van der Waals surface area (Å²) in [5.74, 6) is -0.305. The summed E-state index contributed by atoms with van der Waals surface area (Å²) in [6.07, 6.45) is -3.33. The van der Waals surface area contributed by atoms with E-state index in [0.29, 0.717) is 13.0 Å². The highest BCUT2D eigenvalue weighted by atomic mass is 19.4. The molecule has 0 aliphatic carbocycles. The highest BCUT2D eigenvalue weighted by Gasteiger charge is 2.39. The fraction of sp³-hybridized carbons (Fsp3) is 0.467. The molecule has 1 saturated heterocycles. The summed E-state index contributed by atoms with van der Waals surface area (Å²) in [7, 11) is 0. The van der Waals surface area contributed by atoms with Crippen LogP contribution >= 0.6 is 0 Å². The van der Waals surface area contributed by atoms with Gasteiger partial charge in [-0.05, 0) is 31.5 Å². The number of pyridine rings is 1. The Bertz CT molecular complexity index is 685. The van der Waals surface area contributed by atoms with Gasteiger partial charge in [-0.15, -0.1) is 0 Å². The van der Waals surface area contributed by atoms with E-state index >= 15 is 0 Å². The number of hydrogen-bond donors (Lipinski definition) is 2. The van der Waals surface area contributed by atoms with Crippen LogP contribution in [0.2, 0.25) is 0 Å². The Balaban J connectivity index is 1.79. The first kappa shape index (κ1) is 15.8. The van der Waals surface area contributed by atoms with Crippen molar-refractivity contribution >= 4 is 5.82 Å². The number of nitrogens with zero attached hydrogens (tertiary/aromatic N) is 3. The monoisotopic (exact) mass is 326 g/mol. The number of rotatable bonds is 3. The molecular formula is C15H17F3N4O. The topological polar surface area (TPSA) is 65.0 Å². The minimum atomic E-state index is -4.47. The number of aryl methyl sites for hydroxylation is 1. The Kier molecular flexibility index (Phi) is 4.01. The number of aromatic nitrogens is 3. The maximum absolute atomic E-state index is 13.1. The maximum atomic E-state index is 13.1. The van der Waals surface area contributed by atoms with Crippen LogP contribution in [-0.2, 0) is 12.6 Å². The van der Waals surface area contributed by atoms with Gasteiger partial charge in [0.05, 0.1) is 17.4 Å². The Hall–Kier alpha value is -2.09. The summed E-state index contributed by atoms with van der Waals surface area (Å²) in [5, 5.41) is 17.1. The van der Waals surface area contributed by atoms with E-state index in [1.165, 1.54) is 17.2 Å². The molecule has 1 aliphatic heterocycles. The van der Waals surface area contributed by atoms with Gasteiger partial charge in [-0.3, -0.25) is 5.10 Å². The van der Waals surface area contributed by atoms with E-state index in [9.17, 15) is 18.3 Å². The summed E-state index contributed by atoms with van der Waals surface area (Å²) < 4.78 is 39.3. The molecule has 2 aromatic heterocycles. The Morgan fingerprint density at radius 2 is 2.17 bits per heavy atom. The number of H-pyrrole nitrogens is 1. The zero-order valence-electron chi connectivity index (χ0n) is 12.5. The molecule has 0 unspecified atom stereocenters. The smallest absolute Gasteiger partial charge is 0.391 e. The largest absolute Gasteiger partial charge is 0.419 e. The van der Waals surface area contributed by atoms with Crippen LogP contribution in [0, 0.1) is 12.8 Å². The maximum Gasteiger partial charge on any atom is 0.419 e. The van der Waals surface area contributed by atoms with Gasteiger partial charge in [0.15, 0.2) is 0 Å². The molecule has 2 atom stereocenters. The van der Waals surface area contributed by atoms with Gasteiger partial charge < -0.3 is 10.0 Å². The van der Waals surface area contributed by atoms with Crippen LogP contribution in [0.5, 0.6) is 0 Å². The number of aliphatic hydroxyl groups is 1. The van der Waals surface area contributed by atoms with Gasteiger partial charge in [0.2, 0.25) is 0 Å². The minimum absolute atomic E-state index is 0.125. The molecule has 0 aromatic carbocycles. The van der Waals surface area contributed by atoms with E-state index in [1.54, 1.807) is 0 Å². The van der Waals surface area contributed by atoms with Crippen LogP contribution in [0.3, 0.4) is 0 Å². The normalized spacial score (nSPS) is 21.9. The number of aromatic amines is 1. The molecule has 0 saturated carbocycles. The number of β-amino-alcohol motifs (C(OH)–C–C–N with tert-alkyl or cyclic N) is 1. The second kappa shape index (κ2) is 5.84. The van der Waals surface area contributed by atoms with Gasteiger partial charge in [0, 0.05) is 30.9 Å². The lowest BCUT2D eigenvalue weighted by atomic mass is 10.0. The van der Waals surface area contributed by atoms with Crippen molar-refractivity contribution < 1.29 is 18.3 Å². The van der Waals surface area contributed by atoms with Crippen LogP contribution in [0.25, 0.3) is 0 Å². The van der Waals surface area contributed by atoms with E-state index in [1.807, 2.05) is 13.0 Å². The SMILES string of the molecule is Cc1cc(C[C@@H]2CN(c3ncccc3C(F)(F)F)C[C@@H]2O)n[nH]1. The second-order valence-corrected chi connectivity index (χ2v) is 5.85. The first-order valence-corrected chi connectivity index (χ1v) is 7.30. The third-order valence-electron chi connectivity index (χ3n) is 4.03. The molecule has 1 aliphatic rings. The first-order chi connectivity index (χ1) is 10.8. The van der Waals surface area contributed by atoms with Crippen molar-refractivity contribution in [2.24, 2.45) is 5.92 Å². The van der Waals surface area contributed by atoms with Gasteiger partial charge >= 0.3 is 6.18 Å². The highest BCUT2D eigenvalue weighted by molar-refractivity contribution is 5.49. The summed E-state index contributed by atoms with van der Waals surface area (Å²) in [6, 6.07) is 4.15. The summed E-state index contributed by atoms with van der Waals surface area (Å²) in [5.41, 5.74) is 0.933. The van der Waals surface area contributed by atoms with Crippen LogP contribution in [0.4, 0.5) is 19.0 Å². The lowest BCUT2D eigenvalue weighted by Gasteiger charge is -2.21. The molecule has 0 bridgehead atoms. The number of anilines is 1. The molecule has 1 fully saturated rings. The Morgan fingerprint density at radius 1 is 1.39 bits per heavy atom. The van der Waals surface area contributed by atoms with E-state index in [4.69, 9.17) is 0 Å². The lowest BCUT2D eigenvalue weighted by molar-refractivity contribution is -0.137. The van der Waals surface area contributed by atoms with E-state index in [2.05, 4.69) is 15.2 Å². The van der Waals surface area contributed by atoms with Crippen molar-refractivity contribution in [1.82, 2.24) is 15.2 Å². The standard InChI is InChI=1S/C15H17F3N4O/c1-9-5-11(21-20-9)6-10-7-22(8-13(10)23)14-12(15(16,17)18)3-2-4-19-14/h2-5,10,13,23H,6-8H2,1H3,(H,20,21)/t10-,13+/m1/s1.